The average Bonchev–Trinajstić information content (AvgIpc) is 2.98. The Morgan fingerprint density at radius 1 is 0.881 bits per heavy atom. The largest absolute Gasteiger partial charge is 0.508 e. The summed E-state index contributed by atoms with van der Waals surface area (Å²) in [6, 6.07) is 14.3. The molecule has 1 aliphatic heterocycles. The van der Waals surface area contributed by atoms with E-state index >= 15 is 0 Å². The van der Waals surface area contributed by atoms with Crippen molar-refractivity contribution in [1.29, 1.82) is 0 Å². The summed E-state index contributed by atoms with van der Waals surface area (Å²) >= 11 is 0. The first-order valence-corrected chi connectivity index (χ1v) is 12.7. The lowest BCUT2D eigenvalue weighted by atomic mass is 9.99. The zero-order valence-electron chi connectivity index (χ0n) is 21.7. The van der Waals surface area contributed by atoms with Crippen LogP contribution in [0.4, 0.5) is 0 Å². The number of hydrogen-bond donors (Lipinski definition) is 6. The van der Waals surface area contributed by atoms with E-state index in [1.807, 2.05) is 0 Å². The van der Waals surface area contributed by atoms with E-state index in [1.54, 1.807) is 12.1 Å². The molecule has 218 valence electrons. The number of fused-ring (bicyclic) bond motifs is 1. The van der Waals surface area contributed by atoms with Gasteiger partial charge >= 0.3 is 5.97 Å². The number of aromatic hydroxyl groups is 3. The van der Waals surface area contributed by atoms with Gasteiger partial charge in [-0.1, -0.05) is 18.2 Å². The molecule has 1 aromatic heterocycles. The van der Waals surface area contributed by atoms with Crippen molar-refractivity contribution < 1.29 is 54.1 Å². The predicted molar refractivity (Wildman–Crippen MR) is 147 cm³/mol. The second kappa shape index (κ2) is 11.9. The van der Waals surface area contributed by atoms with Crippen LogP contribution in [-0.2, 0) is 14.3 Å². The summed E-state index contributed by atoms with van der Waals surface area (Å²) in [5, 5.41) is 59.8. The Hall–Kier alpha value is -4.88. The fraction of sp³-hybridized carbons (Fsp3) is 0.200. The molecule has 0 aliphatic carbocycles. The van der Waals surface area contributed by atoms with Crippen LogP contribution in [0.5, 0.6) is 23.0 Å². The van der Waals surface area contributed by atoms with Crippen molar-refractivity contribution in [3.05, 3.63) is 88.8 Å². The Bertz CT molecular complexity index is 1680. The first-order chi connectivity index (χ1) is 20.1. The SMILES string of the molecule is O=C(/C=C/c1ccc(O)c(O)c1)OC[C@H]1O[C@@H](Oc2ccc3c(=O)c(-c4ccc(O)cc4)coc3c2)[C@H](O)[C@@H](O)[C@@H]1O. The van der Waals surface area contributed by atoms with Crippen LogP contribution in [0.3, 0.4) is 0 Å². The molecule has 0 amide bonds. The van der Waals surface area contributed by atoms with Gasteiger partial charge in [0.15, 0.2) is 16.9 Å². The molecule has 2 heterocycles. The monoisotopic (exact) mass is 578 g/mol. The van der Waals surface area contributed by atoms with E-state index in [9.17, 15) is 40.2 Å². The van der Waals surface area contributed by atoms with Gasteiger partial charge in [0.05, 0.1) is 10.9 Å². The second-order valence-corrected chi connectivity index (χ2v) is 9.53. The molecule has 0 radical (unpaired) electrons. The highest BCUT2D eigenvalue weighted by molar-refractivity contribution is 5.87. The molecule has 1 fully saturated rings. The van der Waals surface area contributed by atoms with Crippen molar-refractivity contribution in [3.63, 3.8) is 0 Å². The fourth-order valence-electron chi connectivity index (χ4n) is 4.33. The van der Waals surface area contributed by atoms with Gasteiger partial charge in [0, 0.05) is 12.1 Å². The minimum Gasteiger partial charge on any atom is -0.508 e. The third-order valence-electron chi connectivity index (χ3n) is 6.65. The van der Waals surface area contributed by atoms with Gasteiger partial charge in [-0.2, -0.15) is 0 Å². The van der Waals surface area contributed by atoms with Gasteiger partial charge in [0.25, 0.3) is 0 Å². The molecular weight excluding hydrogens is 552 g/mol. The quantitative estimate of drug-likeness (QED) is 0.106. The summed E-state index contributed by atoms with van der Waals surface area (Å²) in [6.45, 7) is -0.499. The molecule has 6 N–H and O–H groups in total. The van der Waals surface area contributed by atoms with Crippen molar-refractivity contribution in [2.75, 3.05) is 6.61 Å². The van der Waals surface area contributed by atoms with Crippen molar-refractivity contribution in [2.45, 2.75) is 30.7 Å². The summed E-state index contributed by atoms with van der Waals surface area (Å²) in [7, 11) is 0. The van der Waals surface area contributed by atoms with Gasteiger partial charge in [-0.15, -0.1) is 0 Å². The van der Waals surface area contributed by atoms with Gasteiger partial charge in [0.1, 0.15) is 54.4 Å². The van der Waals surface area contributed by atoms with Crippen LogP contribution in [-0.4, -0.2) is 73.9 Å². The summed E-state index contributed by atoms with van der Waals surface area (Å²) < 4.78 is 22.0. The third-order valence-corrected chi connectivity index (χ3v) is 6.65. The Morgan fingerprint density at radius 3 is 2.38 bits per heavy atom. The summed E-state index contributed by atoms with van der Waals surface area (Å²) in [4.78, 5) is 25.2. The van der Waals surface area contributed by atoms with E-state index in [1.165, 1.54) is 60.9 Å². The Morgan fingerprint density at radius 2 is 1.64 bits per heavy atom. The zero-order valence-corrected chi connectivity index (χ0v) is 21.7. The van der Waals surface area contributed by atoms with Crippen molar-refractivity contribution >= 4 is 23.0 Å². The Labute approximate surface area is 237 Å². The van der Waals surface area contributed by atoms with Crippen LogP contribution in [0.25, 0.3) is 28.2 Å². The molecule has 0 spiro atoms. The molecule has 4 aromatic rings. The van der Waals surface area contributed by atoms with E-state index < -0.39 is 43.3 Å². The minimum absolute atomic E-state index is 0.0558. The van der Waals surface area contributed by atoms with Crippen molar-refractivity contribution in [2.24, 2.45) is 0 Å². The van der Waals surface area contributed by atoms with Crippen LogP contribution in [0.15, 0.2) is 82.2 Å². The number of phenolic OH excluding ortho intramolecular Hbond substituents is 3. The first kappa shape index (κ1) is 28.6. The van der Waals surface area contributed by atoms with Crippen LogP contribution in [0.1, 0.15) is 5.56 Å². The molecule has 3 aromatic carbocycles. The normalized spacial score (nSPS) is 22.3. The highest BCUT2D eigenvalue weighted by Crippen LogP contribution is 2.29. The van der Waals surface area contributed by atoms with Crippen LogP contribution in [0.2, 0.25) is 0 Å². The molecule has 5 rings (SSSR count). The maximum absolute atomic E-state index is 13.0. The Kier molecular flexibility index (Phi) is 8.13. The first-order valence-electron chi connectivity index (χ1n) is 12.7. The van der Waals surface area contributed by atoms with Gasteiger partial charge in [-0.3, -0.25) is 4.79 Å². The third kappa shape index (κ3) is 6.06. The van der Waals surface area contributed by atoms with Gasteiger partial charge in [0.2, 0.25) is 6.29 Å². The fourth-order valence-corrected chi connectivity index (χ4v) is 4.33. The van der Waals surface area contributed by atoms with Gasteiger partial charge in [-0.05, 0) is 53.6 Å². The summed E-state index contributed by atoms with van der Waals surface area (Å²) in [6.07, 6.45) is -4.08. The number of phenols is 3. The number of benzene rings is 3. The second-order valence-electron chi connectivity index (χ2n) is 9.53. The minimum atomic E-state index is -1.70. The van der Waals surface area contributed by atoms with E-state index in [0.29, 0.717) is 11.1 Å². The lowest BCUT2D eigenvalue weighted by Crippen LogP contribution is -2.60. The molecule has 0 saturated carbocycles. The van der Waals surface area contributed by atoms with Crippen LogP contribution < -0.4 is 10.2 Å². The van der Waals surface area contributed by atoms with E-state index in [-0.39, 0.29) is 45.0 Å². The molecule has 12 nitrogen and oxygen atoms in total. The number of hydrogen-bond acceptors (Lipinski definition) is 12. The van der Waals surface area contributed by atoms with Gasteiger partial charge < -0.3 is 49.3 Å². The average molecular weight is 579 g/mol. The summed E-state index contributed by atoms with van der Waals surface area (Å²) in [5.41, 5.74) is 1.10. The van der Waals surface area contributed by atoms with E-state index in [4.69, 9.17) is 18.6 Å². The molecular formula is C30H26O12. The maximum atomic E-state index is 13.0. The molecule has 1 saturated heterocycles. The number of carbonyl (C=O) groups excluding carboxylic acids is 1. The lowest BCUT2D eigenvalue weighted by molar-refractivity contribution is -0.278. The van der Waals surface area contributed by atoms with Crippen LogP contribution >= 0.6 is 0 Å². The molecule has 0 unspecified atom stereocenters. The number of aliphatic hydroxyl groups is 3. The number of rotatable bonds is 7. The van der Waals surface area contributed by atoms with Crippen molar-refractivity contribution in [1.82, 2.24) is 0 Å². The molecule has 5 atom stereocenters. The predicted octanol–water partition coefficient (Wildman–Crippen LogP) is 2.02. The topological polar surface area (TPSA) is 196 Å². The highest BCUT2D eigenvalue weighted by atomic mass is 16.7. The van der Waals surface area contributed by atoms with Crippen molar-refractivity contribution in [3.8, 4) is 34.1 Å². The molecule has 1 aliphatic rings. The molecule has 42 heavy (non-hydrogen) atoms. The summed E-state index contributed by atoms with van der Waals surface area (Å²) in [5.74, 6) is -1.33. The van der Waals surface area contributed by atoms with Crippen LogP contribution in [0, 0.1) is 0 Å². The number of esters is 1. The zero-order chi connectivity index (χ0) is 30.0. The number of carbonyl (C=O) groups is 1. The standard InChI is InChI=1S/C30H26O12/c31-17-5-3-16(4-6-17)20-13-39-23-12-18(7-8-19(23)26(20)35)41-30-29(38)28(37)27(36)24(42-30)14-40-25(34)10-2-15-1-9-21(32)22(33)11-15/h1-13,24,27-33,36-38H,14H2/b10-2+/t24-,27-,28+,29-,30-/m1/s1. The highest BCUT2D eigenvalue weighted by Gasteiger charge is 2.45. The van der Waals surface area contributed by atoms with Gasteiger partial charge in [-0.25, -0.2) is 4.79 Å². The number of aliphatic hydroxyl groups excluding tert-OH is 3. The van der Waals surface area contributed by atoms with E-state index in [2.05, 4.69) is 0 Å². The lowest BCUT2D eigenvalue weighted by Gasteiger charge is -2.39. The Balaban J connectivity index is 1.26. The molecule has 12 heteroatoms. The molecule has 0 bridgehead atoms. The van der Waals surface area contributed by atoms with E-state index in [0.717, 1.165) is 6.08 Å². The smallest absolute Gasteiger partial charge is 0.330 e. The maximum Gasteiger partial charge on any atom is 0.330 e. The number of ether oxygens (including phenoxy) is 3.